The summed E-state index contributed by atoms with van der Waals surface area (Å²) >= 11 is 0. The van der Waals surface area contributed by atoms with Gasteiger partial charge in [0.1, 0.15) is 0 Å². The molecule has 0 amide bonds. The van der Waals surface area contributed by atoms with Gasteiger partial charge in [0.05, 0.1) is 6.10 Å². The summed E-state index contributed by atoms with van der Waals surface area (Å²) in [5.74, 6) is 2.62. The number of hydrogen-bond donors (Lipinski definition) is 2. The summed E-state index contributed by atoms with van der Waals surface area (Å²) in [6.45, 7) is 8.59. The van der Waals surface area contributed by atoms with Crippen LogP contribution in [-0.4, -0.2) is 48.8 Å². The molecule has 1 unspecified atom stereocenters. The molecule has 0 aliphatic carbocycles. The molecule has 0 radical (unpaired) electrons. The third kappa shape index (κ3) is 8.72. The number of nitrogens with one attached hydrogen (secondary N) is 1. The van der Waals surface area contributed by atoms with Crippen LogP contribution in [0, 0.1) is 12.3 Å². The van der Waals surface area contributed by atoms with Crippen molar-refractivity contribution < 1.29 is 5.11 Å². The standard InChI is InChI=1S/C13H26N2O/c1-4-7-8-9-10-14-11-13(16)12-15(5-2)6-3/h1,13-14,16H,5-12H2,2-3H3. The second-order valence-corrected chi connectivity index (χ2v) is 4.01. The lowest BCUT2D eigenvalue weighted by Gasteiger charge is -2.22. The Morgan fingerprint density at radius 2 is 2.00 bits per heavy atom. The summed E-state index contributed by atoms with van der Waals surface area (Å²) in [6, 6.07) is 0. The quantitative estimate of drug-likeness (QED) is 0.432. The topological polar surface area (TPSA) is 35.5 Å². The molecule has 1 atom stereocenters. The molecule has 0 aliphatic rings. The second kappa shape index (κ2) is 10.9. The number of terminal acetylenes is 1. The predicted molar refractivity (Wildman–Crippen MR) is 69.3 cm³/mol. The minimum Gasteiger partial charge on any atom is -0.390 e. The van der Waals surface area contributed by atoms with Crippen molar-refractivity contribution in [3.63, 3.8) is 0 Å². The van der Waals surface area contributed by atoms with Gasteiger partial charge in [0, 0.05) is 19.5 Å². The predicted octanol–water partition coefficient (Wildman–Crippen LogP) is 1.08. The molecule has 0 fully saturated rings. The SMILES string of the molecule is C#CCCCCNCC(O)CN(CC)CC. The van der Waals surface area contributed by atoms with Gasteiger partial charge in [-0.2, -0.15) is 0 Å². The van der Waals surface area contributed by atoms with Crippen LogP contribution in [0.25, 0.3) is 0 Å². The van der Waals surface area contributed by atoms with E-state index in [0.717, 1.165) is 45.4 Å². The summed E-state index contributed by atoms with van der Waals surface area (Å²) in [4.78, 5) is 2.23. The summed E-state index contributed by atoms with van der Waals surface area (Å²) in [6.07, 6.45) is 7.89. The van der Waals surface area contributed by atoms with E-state index in [1.807, 2.05) is 0 Å². The van der Waals surface area contributed by atoms with Crippen LogP contribution in [0.3, 0.4) is 0 Å². The molecule has 3 heteroatoms. The first-order valence-electron chi connectivity index (χ1n) is 6.29. The van der Waals surface area contributed by atoms with Crippen LogP contribution in [0.5, 0.6) is 0 Å². The van der Waals surface area contributed by atoms with Crippen molar-refractivity contribution in [2.45, 2.75) is 39.2 Å². The van der Waals surface area contributed by atoms with E-state index in [0.29, 0.717) is 6.54 Å². The number of rotatable bonds is 10. The van der Waals surface area contributed by atoms with Crippen LogP contribution in [0.2, 0.25) is 0 Å². The fraction of sp³-hybridized carbons (Fsp3) is 0.846. The molecule has 0 aromatic heterocycles. The molecule has 3 nitrogen and oxygen atoms in total. The van der Waals surface area contributed by atoms with E-state index in [4.69, 9.17) is 6.42 Å². The van der Waals surface area contributed by atoms with Gasteiger partial charge in [0.2, 0.25) is 0 Å². The fourth-order valence-electron chi connectivity index (χ4n) is 1.59. The first-order chi connectivity index (χ1) is 7.74. The van der Waals surface area contributed by atoms with Crippen molar-refractivity contribution in [3.8, 4) is 12.3 Å². The normalized spacial score (nSPS) is 12.7. The van der Waals surface area contributed by atoms with Crippen molar-refractivity contribution in [1.82, 2.24) is 10.2 Å². The van der Waals surface area contributed by atoms with Crippen LogP contribution in [0.4, 0.5) is 0 Å². The average Bonchev–Trinajstić information content (AvgIpc) is 2.30. The second-order valence-electron chi connectivity index (χ2n) is 4.01. The third-order valence-electron chi connectivity index (χ3n) is 2.67. The molecule has 0 rings (SSSR count). The van der Waals surface area contributed by atoms with Crippen LogP contribution < -0.4 is 5.32 Å². The van der Waals surface area contributed by atoms with Crippen LogP contribution in [0.15, 0.2) is 0 Å². The fourth-order valence-corrected chi connectivity index (χ4v) is 1.59. The summed E-state index contributed by atoms with van der Waals surface area (Å²) in [5.41, 5.74) is 0. The van der Waals surface area contributed by atoms with Crippen molar-refractivity contribution in [2.75, 3.05) is 32.7 Å². The van der Waals surface area contributed by atoms with E-state index in [-0.39, 0.29) is 6.10 Å². The first-order valence-corrected chi connectivity index (χ1v) is 6.29. The number of nitrogens with zero attached hydrogens (tertiary/aromatic N) is 1. The maximum atomic E-state index is 9.75. The average molecular weight is 226 g/mol. The monoisotopic (exact) mass is 226 g/mol. The smallest absolute Gasteiger partial charge is 0.0791 e. The van der Waals surface area contributed by atoms with Crippen LogP contribution in [-0.2, 0) is 0 Å². The molecule has 2 N–H and O–H groups in total. The molecule has 0 aromatic rings. The largest absolute Gasteiger partial charge is 0.390 e. The lowest BCUT2D eigenvalue weighted by Crippen LogP contribution is -2.38. The van der Waals surface area contributed by atoms with Crippen molar-refractivity contribution in [3.05, 3.63) is 0 Å². The summed E-state index contributed by atoms with van der Waals surface area (Å²) in [7, 11) is 0. The molecular formula is C13H26N2O. The van der Waals surface area contributed by atoms with Gasteiger partial charge in [-0.15, -0.1) is 12.3 Å². The zero-order chi connectivity index (χ0) is 12.2. The number of unbranched alkanes of at least 4 members (excludes halogenated alkanes) is 2. The molecule has 0 heterocycles. The van der Waals surface area contributed by atoms with E-state index in [9.17, 15) is 5.11 Å². The number of aliphatic hydroxyl groups is 1. The highest BCUT2D eigenvalue weighted by atomic mass is 16.3. The molecule has 0 saturated carbocycles. The number of aliphatic hydroxyl groups excluding tert-OH is 1. The molecular weight excluding hydrogens is 200 g/mol. The van der Waals surface area contributed by atoms with Gasteiger partial charge >= 0.3 is 0 Å². The molecule has 94 valence electrons. The Morgan fingerprint density at radius 3 is 2.56 bits per heavy atom. The highest BCUT2D eigenvalue weighted by Crippen LogP contribution is 1.93. The van der Waals surface area contributed by atoms with E-state index >= 15 is 0 Å². The molecule has 0 aromatic carbocycles. The van der Waals surface area contributed by atoms with Crippen molar-refractivity contribution in [2.24, 2.45) is 0 Å². The Bertz CT molecular complexity index is 185. The van der Waals surface area contributed by atoms with Gasteiger partial charge in [-0.1, -0.05) is 13.8 Å². The van der Waals surface area contributed by atoms with Gasteiger partial charge in [-0.25, -0.2) is 0 Å². The lowest BCUT2D eigenvalue weighted by atomic mass is 10.2. The van der Waals surface area contributed by atoms with Crippen molar-refractivity contribution in [1.29, 1.82) is 0 Å². The van der Waals surface area contributed by atoms with Gasteiger partial charge in [0.25, 0.3) is 0 Å². The molecule has 16 heavy (non-hydrogen) atoms. The van der Waals surface area contributed by atoms with Crippen molar-refractivity contribution >= 4 is 0 Å². The van der Waals surface area contributed by atoms with Gasteiger partial charge in [-0.05, 0) is 32.5 Å². The van der Waals surface area contributed by atoms with E-state index in [1.54, 1.807) is 0 Å². The number of likely N-dealkylation sites (N-methyl/N-ethyl adjacent to an activating group) is 1. The maximum Gasteiger partial charge on any atom is 0.0791 e. The molecule has 0 saturated heterocycles. The van der Waals surface area contributed by atoms with Crippen LogP contribution >= 0.6 is 0 Å². The Morgan fingerprint density at radius 1 is 1.31 bits per heavy atom. The zero-order valence-corrected chi connectivity index (χ0v) is 10.7. The molecule has 0 aliphatic heterocycles. The summed E-state index contributed by atoms with van der Waals surface area (Å²) < 4.78 is 0. The van der Waals surface area contributed by atoms with Gasteiger partial charge < -0.3 is 15.3 Å². The van der Waals surface area contributed by atoms with Gasteiger partial charge in [-0.3, -0.25) is 0 Å². The van der Waals surface area contributed by atoms with Crippen LogP contribution in [0.1, 0.15) is 33.1 Å². The van der Waals surface area contributed by atoms with Gasteiger partial charge in [0.15, 0.2) is 0 Å². The maximum absolute atomic E-state index is 9.75. The van der Waals surface area contributed by atoms with E-state index in [1.165, 1.54) is 0 Å². The number of hydrogen-bond acceptors (Lipinski definition) is 3. The minimum atomic E-state index is -0.271. The highest BCUT2D eigenvalue weighted by molar-refractivity contribution is 4.82. The van der Waals surface area contributed by atoms with E-state index in [2.05, 4.69) is 30.0 Å². The zero-order valence-electron chi connectivity index (χ0n) is 10.7. The summed E-state index contributed by atoms with van der Waals surface area (Å²) in [5, 5.41) is 13.0. The lowest BCUT2D eigenvalue weighted by molar-refractivity contribution is 0.117. The Kier molecular flexibility index (Phi) is 10.6. The Balaban J connectivity index is 3.36. The molecule has 0 bridgehead atoms. The van der Waals surface area contributed by atoms with E-state index < -0.39 is 0 Å². The molecule has 0 spiro atoms. The Labute approximate surface area is 100 Å². The minimum absolute atomic E-state index is 0.271. The third-order valence-corrected chi connectivity index (χ3v) is 2.67. The first kappa shape index (κ1) is 15.4. The highest BCUT2D eigenvalue weighted by Gasteiger charge is 2.07. The Hall–Kier alpha value is -0.560.